The lowest BCUT2D eigenvalue weighted by Crippen LogP contribution is -2.42. The monoisotopic (exact) mass is 610 g/mol. The number of nitrogens with two attached hydrogens (primary N) is 1. The Labute approximate surface area is 220 Å². The minimum absolute atomic E-state index is 0.0185. The van der Waals surface area contributed by atoms with Crippen LogP contribution in [0.15, 0.2) is 22.6 Å². The Morgan fingerprint density at radius 1 is 1.13 bits per heavy atom. The van der Waals surface area contributed by atoms with Crippen molar-refractivity contribution in [3.63, 3.8) is 0 Å². The molecule has 0 saturated carbocycles. The zero-order chi connectivity index (χ0) is 31.3. The molecule has 8 N–H and O–H groups in total. The molecule has 0 spiro atoms. The number of aliphatic hydroxyl groups excluding tert-OH is 1. The summed E-state index contributed by atoms with van der Waals surface area (Å²) in [5, 5.41) is 17.0. The molecule has 0 radical (unpaired) electrons. The van der Waals surface area contributed by atoms with Gasteiger partial charge in [0.15, 0.2) is 0 Å². The molecule has 2 aliphatic rings. The number of alkyl halides is 3. The number of halogens is 8. The largest absolute Gasteiger partial charge is 0.475 e. The predicted octanol–water partition coefficient (Wildman–Crippen LogP) is 4.76. The fourth-order valence-electron chi connectivity index (χ4n) is 2.96. The third kappa shape index (κ3) is 12.7. The van der Waals surface area contributed by atoms with Crippen molar-refractivity contribution in [1.29, 1.82) is 0 Å². The highest BCUT2D eigenvalue weighted by atomic mass is 32.5. The summed E-state index contributed by atoms with van der Waals surface area (Å²) in [4.78, 5) is 13.7. The first kappa shape index (κ1) is 38.9. The second kappa shape index (κ2) is 15.0. The van der Waals surface area contributed by atoms with Gasteiger partial charge in [-0.2, -0.15) is 13.2 Å². The number of aryl methyl sites for hydroxylation is 1. The molecular weight excluding hydrogens is 574 g/mol. The number of rotatable bonds is 4. The number of ether oxygens (including phenoxy) is 2. The van der Waals surface area contributed by atoms with E-state index in [2.05, 4.69) is 25.5 Å². The van der Waals surface area contributed by atoms with Gasteiger partial charge in [-0.3, -0.25) is 4.84 Å². The number of esters is 1. The fraction of sp³-hybridized carbons (Fsp3) is 0.571. The SMILES string of the molecule is C1CCNC1.CC.CO.Cc1cc(S(F)(F)(F)(F)F)cc2c1OC(C(F)(F)F)C(C(=O)OC(C)ON)=C2.[NH3+]O. The molecular formula is C21H36F8N3O6S+. The third-order valence-corrected chi connectivity index (χ3v) is 5.63. The first-order chi connectivity index (χ1) is 17.8. The van der Waals surface area contributed by atoms with E-state index in [4.69, 9.17) is 16.2 Å². The Bertz CT molecular complexity index is 935. The van der Waals surface area contributed by atoms with E-state index < -0.39 is 62.1 Å². The average molecular weight is 611 g/mol. The van der Waals surface area contributed by atoms with Crippen LogP contribution in [0.4, 0.5) is 32.6 Å². The van der Waals surface area contributed by atoms with Crippen LogP contribution in [0.2, 0.25) is 0 Å². The second-order valence-corrected chi connectivity index (χ2v) is 9.74. The lowest BCUT2D eigenvalue weighted by molar-refractivity contribution is -0.670. The second-order valence-electron chi connectivity index (χ2n) is 7.33. The smallest absolute Gasteiger partial charge is 0.430 e. The van der Waals surface area contributed by atoms with Gasteiger partial charge in [-0.25, -0.2) is 21.8 Å². The van der Waals surface area contributed by atoms with E-state index in [0.29, 0.717) is 6.08 Å². The van der Waals surface area contributed by atoms with Gasteiger partial charge in [-0.15, -0.1) is 0 Å². The molecule has 39 heavy (non-hydrogen) atoms. The minimum atomic E-state index is -10.1. The van der Waals surface area contributed by atoms with Crippen molar-refractivity contribution in [3.05, 3.63) is 28.8 Å². The van der Waals surface area contributed by atoms with Gasteiger partial charge >= 0.3 is 22.4 Å². The van der Waals surface area contributed by atoms with Crippen LogP contribution in [0.3, 0.4) is 0 Å². The summed E-state index contributed by atoms with van der Waals surface area (Å²) in [5.41, 5.74) is -2.68. The summed E-state index contributed by atoms with van der Waals surface area (Å²) in [7, 11) is -9.14. The molecule has 0 bridgehead atoms. The number of quaternary nitrogens is 1. The Morgan fingerprint density at radius 2 is 1.62 bits per heavy atom. The molecule has 18 heteroatoms. The van der Waals surface area contributed by atoms with Crippen LogP contribution < -0.4 is 21.8 Å². The Balaban J connectivity index is 0. The van der Waals surface area contributed by atoms with E-state index >= 15 is 0 Å². The number of fused-ring (bicyclic) bond motifs is 1. The number of hydrogen-bond acceptors (Lipinski definition) is 8. The topological polar surface area (TPSA) is 151 Å². The van der Waals surface area contributed by atoms with Crippen molar-refractivity contribution in [2.75, 3.05) is 20.2 Å². The van der Waals surface area contributed by atoms with Crippen molar-refractivity contribution < 1.29 is 67.9 Å². The highest BCUT2D eigenvalue weighted by Gasteiger charge is 2.65. The summed E-state index contributed by atoms with van der Waals surface area (Å²) in [6.07, 6.45) is -6.44. The number of aliphatic hydroxyl groups is 1. The van der Waals surface area contributed by atoms with E-state index in [-0.39, 0.29) is 12.1 Å². The fourth-order valence-corrected chi connectivity index (χ4v) is 3.71. The van der Waals surface area contributed by atoms with Crippen molar-refractivity contribution in [1.82, 2.24) is 5.32 Å². The molecule has 2 heterocycles. The molecule has 0 aromatic heterocycles. The average Bonchev–Trinajstić information content (AvgIpc) is 3.45. The number of nitrogens with one attached hydrogen (secondary N) is 1. The van der Waals surface area contributed by atoms with Crippen LogP contribution in [0.1, 0.15) is 44.7 Å². The first-order valence-electron chi connectivity index (χ1n) is 11.2. The quantitative estimate of drug-likeness (QED) is 0.142. The molecule has 1 saturated heterocycles. The molecule has 232 valence electrons. The number of hydrogen-bond donors (Lipinski definition) is 5. The molecule has 1 aromatic carbocycles. The van der Waals surface area contributed by atoms with Crippen LogP contribution in [0.5, 0.6) is 5.75 Å². The molecule has 1 fully saturated rings. The highest BCUT2D eigenvalue weighted by molar-refractivity contribution is 8.45. The van der Waals surface area contributed by atoms with Crippen LogP contribution in [-0.2, 0) is 14.4 Å². The summed E-state index contributed by atoms with van der Waals surface area (Å²) in [6.45, 7) is 8.41. The molecule has 2 aliphatic heterocycles. The van der Waals surface area contributed by atoms with Crippen molar-refractivity contribution in [2.45, 2.75) is 64.0 Å². The maximum Gasteiger partial charge on any atom is 0.430 e. The van der Waals surface area contributed by atoms with Gasteiger partial charge in [0, 0.05) is 12.7 Å². The summed E-state index contributed by atoms with van der Waals surface area (Å²) in [5.74, 6) is 4.56. The Kier molecular flexibility index (Phi) is 14.9. The predicted molar refractivity (Wildman–Crippen MR) is 128 cm³/mol. The van der Waals surface area contributed by atoms with Gasteiger partial charge in [0.25, 0.3) is 0 Å². The molecule has 2 atom stereocenters. The van der Waals surface area contributed by atoms with Gasteiger partial charge in [-0.1, -0.05) is 33.3 Å². The lowest BCUT2D eigenvalue weighted by atomic mass is 9.99. The molecule has 2 unspecified atom stereocenters. The van der Waals surface area contributed by atoms with Crippen LogP contribution >= 0.6 is 10.2 Å². The Hall–Kier alpha value is -2.22. The van der Waals surface area contributed by atoms with E-state index in [9.17, 15) is 37.4 Å². The van der Waals surface area contributed by atoms with Crippen LogP contribution in [-0.4, -0.2) is 55.1 Å². The third-order valence-electron chi connectivity index (χ3n) is 4.51. The minimum Gasteiger partial charge on any atom is -0.475 e. The first-order valence-corrected chi connectivity index (χ1v) is 13.2. The zero-order valence-corrected chi connectivity index (χ0v) is 22.8. The van der Waals surface area contributed by atoms with Crippen molar-refractivity contribution in [2.24, 2.45) is 5.90 Å². The van der Waals surface area contributed by atoms with Crippen molar-refractivity contribution in [3.8, 4) is 5.75 Å². The van der Waals surface area contributed by atoms with E-state index in [0.717, 1.165) is 21.0 Å². The standard InChI is InChI=1S/C14H13F8NO4S.C4H9N.C2H6.CH4O.H4NO/c1-6-3-9(28(18,19,20,21)22)4-8-5-10(13(24)25-7(2)27-23)12(14(15,16)17)26-11(6)8;1-2-4-5-3-1;3*1-2/h3-5,7,12H,23H2,1-2H3;5H,1-4H2;1-2H3;2*2H,1H3/q;;;;+1. The molecule has 0 amide bonds. The van der Waals surface area contributed by atoms with Crippen LogP contribution in [0, 0.1) is 6.92 Å². The lowest BCUT2D eigenvalue weighted by Gasteiger charge is -2.41. The summed E-state index contributed by atoms with van der Waals surface area (Å²) in [6, 6.07) is -0.109. The van der Waals surface area contributed by atoms with E-state index in [1.165, 1.54) is 25.9 Å². The summed E-state index contributed by atoms with van der Waals surface area (Å²) < 4.78 is 114. The van der Waals surface area contributed by atoms with Gasteiger partial charge in [0.1, 0.15) is 10.6 Å². The van der Waals surface area contributed by atoms with Crippen LogP contribution in [0.25, 0.3) is 6.08 Å². The number of carbonyl (C=O) groups is 1. The van der Waals surface area contributed by atoms with Gasteiger partial charge in [-0.05, 0) is 63.6 Å². The molecule has 1 aromatic rings. The number of benzene rings is 1. The summed E-state index contributed by atoms with van der Waals surface area (Å²) >= 11 is 0. The van der Waals surface area contributed by atoms with Gasteiger partial charge in [0.2, 0.25) is 12.4 Å². The number of carbonyl (C=O) groups excluding carboxylic acids is 1. The highest BCUT2D eigenvalue weighted by Crippen LogP contribution is 3.02. The van der Waals surface area contributed by atoms with Gasteiger partial charge in [0.05, 0.1) is 5.57 Å². The van der Waals surface area contributed by atoms with Crippen molar-refractivity contribution >= 4 is 22.3 Å². The zero-order valence-electron chi connectivity index (χ0n) is 22.0. The van der Waals surface area contributed by atoms with E-state index in [1.54, 1.807) is 0 Å². The molecule has 3 rings (SSSR count). The molecule has 0 aliphatic carbocycles. The normalized spacial score (nSPS) is 18.5. The van der Waals surface area contributed by atoms with E-state index in [1.807, 2.05) is 13.8 Å². The maximum absolute atomic E-state index is 13.3. The van der Waals surface area contributed by atoms with Gasteiger partial charge < -0.3 is 19.9 Å². The molecule has 9 nitrogen and oxygen atoms in total. The Morgan fingerprint density at radius 3 is 1.97 bits per heavy atom. The maximum atomic E-state index is 13.3.